The summed E-state index contributed by atoms with van der Waals surface area (Å²) in [6, 6.07) is 17.0. The second-order valence-electron chi connectivity index (χ2n) is 6.74. The zero-order valence-corrected chi connectivity index (χ0v) is 16.7. The number of amides is 1. The van der Waals surface area contributed by atoms with Crippen LogP contribution in [0.2, 0.25) is 0 Å². The minimum Gasteiger partial charge on any atom is -0.459 e. The Labute approximate surface area is 173 Å². The van der Waals surface area contributed by atoms with Gasteiger partial charge < -0.3 is 14.3 Å². The minimum absolute atomic E-state index is 0.0190. The predicted molar refractivity (Wildman–Crippen MR) is 112 cm³/mol. The van der Waals surface area contributed by atoms with Gasteiger partial charge in [0.1, 0.15) is 0 Å². The van der Waals surface area contributed by atoms with Gasteiger partial charge in [0.2, 0.25) is 0 Å². The molecule has 4 rings (SSSR count). The Morgan fingerprint density at radius 2 is 1.90 bits per heavy atom. The second kappa shape index (κ2) is 8.38. The highest BCUT2D eigenvalue weighted by Gasteiger charge is 2.22. The van der Waals surface area contributed by atoms with Crippen LogP contribution in [-0.2, 0) is 22.1 Å². The van der Waals surface area contributed by atoms with Gasteiger partial charge >= 0.3 is 0 Å². The van der Waals surface area contributed by atoms with Crippen molar-refractivity contribution in [3.63, 3.8) is 0 Å². The van der Waals surface area contributed by atoms with E-state index in [2.05, 4.69) is 10.3 Å². The number of carbonyl (C=O) groups is 1. The molecule has 0 radical (unpaired) electrons. The smallest absolute Gasteiger partial charge is 0.291 e. The van der Waals surface area contributed by atoms with Crippen LogP contribution in [0.25, 0.3) is 0 Å². The Bertz CT molecular complexity index is 1250. The summed E-state index contributed by atoms with van der Waals surface area (Å²) < 4.78 is 32.5. The molecular weight excluding hydrogens is 402 g/mol. The lowest BCUT2D eigenvalue weighted by Gasteiger charge is -2.08. The summed E-state index contributed by atoms with van der Waals surface area (Å²) in [5, 5.41) is 2.78. The maximum Gasteiger partial charge on any atom is 0.291 e. The van der Waals surface area contributed by atoms with Gasteiger partial charge in [0.25, 0.3) is 5.91 Å². The van der Waals surface area contributed by atoms with E-state index < -0.39 is 15.7 Å². The monoisotopic (exact) mass is 421 g/mol. The fourth-order valence-corrected chi connectivity index (χ4v) is 4.47. The fraction of sp³-hybridized carbons (Fsp3) is 0.0909. The molecule has 1 N–H and O–H groups in total. The molecular formula is C22H19N3O4S. The van der Waals surface area contributed by atoms with Crippen LogP contribution in [0.4, 0.5) is 5.69 Å². The molecule has 0 aliphatic heterocycles. The molecule has 2 aromatic heterocycles. The zero-order valence-electron chi connectivity index (χ0n) is 15.9. The highest BCUT2D eigenvalue weighted by molar-refractivity contribution is 7.90. The molecule has 30 heavy (non-hydrogen) atoms. The van der Waals surface area contributed by atoms with Gasteiger partial charge in [-0.05, 0) is 35.9 Å². The SMILES string of the molecule is O=C(Nc1cccc(Cn2ccnc2)c1)c1occc1CS(=O)(=O)c1ccccc1. The molecule has 0 bridgehead atoms. The Morgan fingerprint density at radius 1 is 1.07 bits per heavy atom. The van der Waals surface area contributed by atoms with Crippen molar-refractivity contribution < 1.29 is 17.6 Å². The maximum absolute atomic E-state index is 12.7. The number of furan rings is 1. The lowest BCUT2D eigenvalue weighted by atomic mass is 10.2. The van der Waals surface area contributed by atoms with Gasteiger partial charge in [-0.15, -0.1) is 0 Å². The van der Waals surface area contributed by atoms with Gasteiger partial charge in [0.15, 0.2) is 15.6 Å². The molecule has 8 heteroatoms. The molecule has 0 spiro atoms. The van der Waals surface area contributed by atoms with E-state index in [-0.39, 0.29) is 16.4 Å². The van der Waals surface area contributed by atoms with Crippen molar-refractivity contribution in [2.24, 2.45) is 0 Å². The largest absolute Gasteiger partial charge is 0.459 e. The summed E-state index contributed by atoms with van der Waals surface area (Å²) in [7, 11) is -3.60. The number of hydrogen-bond acceptors (Lipinski definition) is 5. The third kappa shape index (κ3) is 4.49. The van der Waals surface area contributed by atoms with Crippen molar-refractivity contribution in [3.05, 3.63) is 103 Å². The van der Waals surface area contributed by atoms with Crippen LogP contribution in [0.15, 0.2) is 95.0 Å². The molecule has 4 aromatic rings. The van der Waals surface area contributed by atoms with Crippen molar-refractivity contribution in [2.75, 3.05) is 5.32 Å². The number of rotatable bonds is 7. The van der Waals surface area contributed by atoms with E-state index in [4.69, 9.17) is 4.42 Å². The van der Waals surface area contributed by atoms with E-state index in [1.807, 2.05) is 29.0 Å². The van der Waals surface area contributed by atoms with Crippen molar-refractivity contribution in [2.45, 2.75) is 17.2 Å². The lowest BCUT2D eigenvalue weighted by Crippen LogP contribution is -2.15. The number of imidazole rings is 1. The third-order valence-corrected chi connectivity index (χ3v) is 6.19. The molecule has 0 unspecified atom stereocenters. The molecule has 0 saturated heterocycles. The Balaban J connectivity index is 1.50. The zero-order chi connectivity index (χ0) is 21.0. The molecule has 7 nitrogen and oxygen atoms in total. The average Bonchev–Trinajstić information content (AvgIpc) is 3.41. The van der Waals surface area contributed by atoms with E-state index >= 15 is 0 Å². The first-order valence-corrected chi connectivity index (χ1v) is 10.9. The van der Waals surface area contributed by atoms with E-state index in [1.54, 1.807) is 36.8 Å². The summed E-state index contributed by atoms with van der Waals surface area (Å²) in [4.78, 5) is 16.9. The van der Waals surface area contributed by atoms with Crippen LogP contribution in [0.1, 0.15) is 21.7 Å². The third-order valence-electron chi connectivity index (χ3n) is 4.51. The Morgan fingerprint density at radius 3 is 2.67 bits per heavy atom. The molecule has 152 valence electrons. The summed E-state index contributed by atoms with van der Waals surface area (Å²) in [6.07, 6.45) is 6.59. The van der Waals surface area contributed by atoms with Crippen LogP contribution in [0.3, 0.4) is 0 Å². The number of carbonyl (C=O) groups excluding carboxylic acids is 1. The maximum atomic E-state index is 12.7. The minimum atomic E-state index is -3.60. The van der Waals surface area contributed by atoms with E-state index in [0.717, 1.165) is 5.56 Å². The van der Waals surface area contributed by atoms with Crippen molar-refractivity contribution in [1.82, 2.24) is 9.55 Å². The molecule has 0 aliphatic carbocycles. The number of sulfone groups is 1. The molecule has 0 atom stereocenters. The topological polar surface area (TPSA) is 94.2 Å². The van der Waals surface area contributed by atoms with Gasteiger partial charge in [0.05, 0.1) is 23.2 Å². The Kier molecular flexibility index (Phi) is 5.49. The summed E-state index contributed by atoms with van der Waals surface area (Å²) >= 11 is 0. The number of benzene rings is 2. The number of nitrogens with zero attached hydrogens (tertiary/aromatic N) is 2. The van der Waals surface area contributed by atoms with Gasteiger partial charge in [-0.25, -0.2) is 13.4 Å². The fourth-order valence-electron chi connectivity index (χ4n) is 3.09. The Hall–Kier alpha value is -3.65. The number of aromatic nitrogens is 2. The first kappa shape index (κ1) is 19.7. The van der Waals surface area contributed by atoms with Gasteiger partial charge in [0, 0.05) is 30.2 Å². The van der Waals surface area contributed by atoms with Crippen molar-refractivity contribution >= 4 is 21.4 Å². The summed E-state index contributed by atoms with van der Waals surface area (Å²) in [6.45, 7) is 0.616. The molecule has 2 heterocycles. The number of nitrogens with one attached hydrogen (secondary N) is 1. The lowest BCUT2D eigenvalue weighted by molar-refractivity contribution is 0.0996. The second-order valence-corrected chi connectivity index (χ2v) is 8.73. The molecule has 0 fully saturated rings. The van der Waals surface area contributed by atoms with E-state index in [1.165, 1.54) is 24.5 Å². The number of anilines is 1. The van der Waals surface area contributed by atoms with Crippen molar-refractivity contribution in [3.8, 4) is 0 Å². The van der Waals surface area contributed by atoms with Crippen LogP contribution in [-0.4, -0.2) is 23.9 Å². The normalized spacial score (nSPS) is 11.3. The van der Waals surface area contributed by atoms with Gasteiger partial charge in [-0.2, -0.15) is 0 Å². The van der Waals surface area contributed by atoms with E-state index in [0.29, 0.717) is 17.8 Å². The van der Waals surface area contributed by atoms with Crippen LogP contribution in [0, 0.1) is 0 Å². The first-order chi connectivity index (χ1) is 14.5. The molecule has 1 amide bonds. The summed E-state index contributed by atoms with van der Waals surface area (Å²) in [5.41, 5.74) is 1.88. The van der Waals surface area contributed by atoms with Crippen LogP contribution >= 0.6 is 0 Å². The average molecular weight is 421 g/mol. The van der Waals surface area contributed by atoms with Crippen LogP contribution < -0.4 is 5.32 Å². The molecule has 0 aliphatic rings. The first-order valence-electron chi connectivity index (χ1n) is 9.21. The standard InChI is InChI=1S/C22H19N3O4S/c26-22(24-19-6-4-5-17(13-19)14-25-11-10-23-16-25)21-18(9-12-29-21)15-30(27,28)20-7-2-1-3-8-20/h1-13,16H,14-15H2,(H,24,26). The predicted octanol–water partition coefficient (Wildman–Crippen LogP) is 3.75. The van der Waals surface area contributed by atoms with E-state index in [9.17, 15) is 13.2 Å². The van der Waals surface area contributed by atoms with Gasteiger partial charge in [-0.1, -0.05) is 30.3 Å². The van der Waals surface area contributed by atoms with Crippen LogP contribution in [0.5, 0.6) is 0 Å². The van der Waals surface area contributed by atoms with Gasteiger partial charge in [-0.3, -0.25) is 4.79 Å². The quantitative estimate of drug-likeness (QED) is 0.490. The van der Waals surface area contributed by atoms with Crippen molar-refractivity contribution in [1.29, 1.82) is 0 Å². The highest BCUT2D eigenvalue weighted by Crippen LogP contribution is 2.21. The molecule has 0 saturated carbocycles. The summed E-state index contributed by atoms with van der Waals surface area (Å²) in [5.74, 6) is -0.843. The number of hydrogen-bond donors (Lipinski definition) is 1. The highest BCUT2D eigenvalue weighted by atomic mass is 32.2. The molecule has 2 aromatic carbocycles.